The third kappa shape index (κ3) is 6.51. The number of guanidine groups is 1. The smallest absolute Gasteiger partial charge is 0.213 e. The number of pyridine rings is 1. The van der Waals surface area contributed by atoms with E-state index in [0.29, 0.717) is 25.1 Å². The van der Waals surface area contributed by atoms with E-state index in [1.165, 1.54) is 12.8 Å². The first-order chi connectivity index (χ1) is 12.3. The van der Waals surface area contributed by atoms with Crippen molar-refractivity contribution in [3.8, 4) is 5.88 Å². The van der Waals surface area contributed by atoms with Gasteiger partial charge in [0.05, 0.1) is 19.4 Å². The summed E-state index contributed by atoms with van der Waals surface area (Å²) in [4.78, 5) is 8.95. The van der Waals surface area contributed by atoms with Crippen LogP contribution in [0.3, 0.4) is 0 Å². The van der Waals surface area contributed by atoms with Crippen LogP contribution in [0.1, 0.15) is 43.9 Å². The van der Waals surface area contributed by atoms with Crippen molar-refractivity contribution < 1.29 is 9.15 Å². The monoisotopic (exact) mass is 470 g/mol. The van der Waals surface area contributed by atoms with Gasteiger partial charge in [0.15, 0.2) is 5.96 Å². The van der Waals surface area contributed by atoms with Crippen LogP contribution in [0.15, 0.2) is 46.1 Å². The molecule has 0 radical (unpaired) electrons. The first-order valence-corrected chi connectivity index (χ1v) is 8.99. The Balaban J connectivity index is 0.00000243. The minimum atomic E-state index is 0. The number of rotatable bonds is 7. The van der Waals surface area contributed by atoms with Gasteiger partial charge in [-0.05, 0) is 56.4 Å². The average Bonchev–Trinajstić information content (AvgIpc) is 3.31. The summed E-state index contributed by atoms with van der Waals surface area (Å²) in [5.74, 6) is 2.34. The van der Waals surface area contributed by atoms with Crippen LogP contribution in [-0.2, 0) is 13.1 Å². The van der Waals surface area contributed by atoms with Gasteiger partial charge in [-0.3, -0.25) is 0 Å². The van der Waals surface area contributed by atoms with E-state index < -0.39 is 0 Å². The lowest BCUT2D eigenvalue weighted by Gasteiger charge is -2.13. The molecule has 1 aliphatic rings. The van der Waals surface area contributed by atoms with Gasteiger partial charge in [-0.15, -0.1) is 24.0 Å². The normalized spacial score (nSPS) is 14.7. The van der Waals surface area contributed by atoms with E-state index in [1.54, 1.807) is 12.5 Å². The lowest BCUT2D eigenvalue weighted by atomic mass is 10.2. The predicted octanol–water partition coefficient (Wildman–Crippen LogP) is 3.87. The zero-order chi connectivity index (χ0) is 17.3. The maximum atomic E-state index is 5.96. The van der Waals surface area contributed by atoms with Crippen molar-refractivity contribution in [3.05, 3.63) is 48.0 Å². The number of furan rings is 1. The van der Waals surface area contributed by atoms with E-state index in [0.717, 1.165) is 36.7 Å². The fourth-order valence-corrected chi connectivity index (χ4v) is 2.89. The van der Waals surface area contributed by atoms with E-state index >= 15 is 0 Å². The highest BCUT2D eigenvalue weighted by molar-refractivity contribution is 14.0. The van der Waals surface area contributed by atoms with Crippen molar-refractivity contribution in [2.45, 2.75) is 51.8 Å². The third-order valence-electron chi connectivity index (χ3n) is 4.16. The van der Waals surface area contributed by atoms with Crippen molar-refractivity contribution in [1.82, 2.24) is 15.6 Å². The van der Waals surface area contributed by atoms with Gasteiger partial charge in [0.2, 0.25) is 5.88 Å². The Labute approximate surface area is 171 Å². The molecule has 0 bridgehead atoms. The van der Waals surface area contributed by atoms with E-state index in [4.69, 9.17) is 9.15 Å². The highest BCUT2D eigenvalue weighted by Crippen LogP contribution is 2.23. The van der Waals surface area contributed by atoms with Gasteiger partial charge >= 0.3 is 0 Å². The molecule has 1 aliphatic carbocycles. The Morgan fingerprint density at radius 2 is 2.15 bits per heavy atom. The Bertz CT molecular complexity index is 670. The third-order valence-corrected chi connectivity index (χ3v) is 4.16. The molecule has 1 fully saturated rings. The highest BCUT2D eigenvalue weighted by atomic mass is 127. The van der Waals surface area contributed by atoms with Crippen LogP contribution in [0.4, 0.5) is 0 Å². The molecular weight excluding hydrogens is 443 g/mol. The maximum absolute atomic E-state index is 5.96. The van der Waals surface area contributed by atoms with E-state index in [-0.39, 0.29) is 24.0 Å². The SMILES string of the molecule is CCNC(=NCc1ccnc(OC2CCCC2)c1)NCc1ccco1.I. The molecule has 0 aromatic carbocycles. The molecule has 0 atom stereocenters. The van der Waals surface area contributed by atoms with Crippen LogP contribution in [0.2, 0.25) is 0 Å². The number of nitrogens with one attached hydrogen (secondary N) is 2. The minimum Gasteiger partial charge on any atom is -0.474 e. The molecule has 2 aromatic heterocycles. The summed E-state index contributed by atoms with van der Waals surface area (Å²) < 4.78 is 11.3. The number of ether oxygens (including phenoxy) is 1. The molecule has 26 heavy (non-hydrogen) atoms. The molecule has 0 saturated heterocycles. The van der Waals surface area contributed by atoms with Crippen LogP contribution in [0.25, 0.3) is 0 Å². The first-order valence-electron chi connectivity index (χ1n) is 8.99. The standard InChI is InChI=1S/C19H26N4O2.HI/c1-2-20-19(23-14-17-8-5-11-24-17)22-13-15-9-10-21-18(12-15)25-16-6-3-4-7-16;/h5,8-12,16H,2-4,6-7,13-14H2,1H3,(H2,20,22,23);1H. The molecule has 0 amide bonds. The highest BCUT2D eigenvalue weighted by Gasteiger charge is 2.16. The maximum Gasteiger partial charge on any atom is 0.213 e. The van der Waals surface area contributed by atoms with Gasteiger partial charge in [0.1, 0.15) is 11.9 Å². The number of aromatic nitrogens is 1. The average molecular weight is 470 g/mol. The van der Waals surface area contributed by atoms with Crippen molar-refractivity contribution >= 4 is 29.9 Å². The molecule has 0 unspecified atom stereocenters. The fraction of sp³-hybridized carbons (Fsp3) is 0.474. The van der Waals surface area contributed by atoms with Crippen molar-refractivity contribution in [1.29, 1.82) is 0 Å². The van der Waals surface area contributed by atoms with E-state index in [1.807, 2.05) is 31.2 Å². The van der Waals surface area contributed by atoms with Gasteiger partial charge in [-0.25, -0.2) is 9.98 Å². The summed E-state index contributed by atoms with van der Waals surface area (Å²) in [7, 11) is 0. The van der Waals surface area contributed by atoms with Crippen LogP contribution < -0.4 is 15.4 Å². The van der Waals surface area contributed by atoms with Crippen molar-refractivity contribution in [2.24, 2.45) is 4.99 Å². The molecule has 3 rings (SSSR count). The number of aliphatic imine (C=N–C) groups is 1. The lowest BCUT2D eigenvalue weighted by molar-refractivity contribution is 0.201. The lowest BCUT2D eigenvalue weighted by Crippen LogP contribution is -2.36. The Morgan fingerprint density at radius 3 is 2.88 bits per heavy atom. The zero-order valence-electron chi connectivity index (χ0n) is 15.1. The summed E-state index contributed by atoms with van der Waals surface area (Å²) in [6.45, 7) is 4.02. The molecule has 0 aliphatic heterocycles. The summed E-state index contributed by atoms with van der Waals surface area (Å²) in [6, 6.07) is 7.77. The van der Waals surface area contributed by atoms with E-state index in [9.17, 15) is 0 Å². The Hall–Kier alpha value is -1.77. The number of hydrogen-bond donors (Lipinski definition) is 2. The van der Waals surface area contributed by atoms with Crippen LogP contribution >= 0.6 is 24.0 Å². The molecule has 1 saturated carbocycles. The van der Waals surface area contributed by atoms with Crippen molar-refractivity contribution in [3.63, 3.8) is 0 Å². The summed E-state index contributed by atoms with van der Waals surface area (Å²) >= 11 is 0. The van der Waals surface area contributed by atoms with Gasteiger partial charge in [-0.2, -0.15) is 0 Å². The fourth-order valence-electron chi connectivity index (χ4n) is 2.89. The second kappa shape index (κ2) is 11.1. The molecule has 0 spiro atoms. The number of halogens is 1. The van der Waals surface area contributed by atoms with Crippen LogP contribution in [-0.4, -0.2) is 23.6 Å². The summed E-state index contributed by atoms with van der Waals surface area (Å²) in [5, 5.41) is 6.50. The molecule has 2 aromatic rings. The predicted molar refractivity (Wildman–Crippen MR) is 113 cm³/mol. The van der Waals surface area contributed by atoms with Gasteiger partial charge in [0, 0.05) is 18.8 Å². The van der Waals surface area contributed by atoms with E-state index in [2.05, 4.69) is 20.6 Å². The second-order valence-corrected chi connectivity index (χ2v) is 6.15. The van der Waals surface area contributed by atoms with Crippen LogP contribution in [0, 0.1) is 0 Å². The van der Waals surface area contributed by atoms with Gasteiger partial charge in [-0.1, -0.05) is 0 Å². The van der Waals surface area contributed by atoms with Crippen molar-refractivity contribution in [2.75, 3.05) is 6.54 Å². The topological polar surface area (TPSA) is 71.7 Å². The second-order valence-electron chi connectivity index (χ2n) is 6.15. The zero-order valence-corrected chi connectivity index (χ0v) is 17.4. The molecule has 6 nitrogen and oxygen atoms in total. The molecule has 142 valence electrons. The number of nitrogens with zero attached hydrogens (tertiary/aromatic N) is 2. The Kier molecular flexibility index (Phi) is 8.73. The van der Waals surface area contributed by atoms with Crippen LogP contribution in [0.5, 0.6) is 5.88 Å². The molecule has 2 heterocycles. The number of hydrogen-bond acceptors (Lipinski definition) is 4. The minimum absolute atomic E-state index is 0. The summed E-state index contributed by atoms with van der Waals surface area (Å²) in [5.41, 5.74) is 1.08. The van der Waals surface area contributed by atoms with Gasteiger partial charge < -0.3 is 19.8 Å². The molecule has 7 heteroatoms. The first kappa shape index (κ1) is 20.5. The summed E-state index contributed by atoms with van der Waals surface area (Å²) in [6.07, 6.45) is 8.54. The quantitative estimate of drug-likeness (QED) is 0.365. The molecular formula is C19H27IN4O2. The largest absolute Gasteiger partial charge is 0.474 e. The van der Waals surface area contributed by atoms with Gasteiger partial charge in [0.25, 0.3) is 0 Å². The molecule has 2 N–H and O–H groups in total. The Morgan fingerprint density at radius 1 is 1.31 bits per heavy atom.